The first-order valence-electron chi connectivity index (χ1n) is 6.13. The van der Waals surface area contributed by atoms with E-state index in [0.29, 0.717) is 34.1 Å². The standard InChI is InChI=1S/C14H18FN3O2/c1-14(2,15)9-6-12(20-4)11(19-3)5-8(9)10-7-13(16)18-17-10/h5-7H,1-4H3,(H3,16,17,18). The Bertz CT molecular complexity index is 617. The fourth-order valence-electron chi connectivity index (χ4n) is 2.07. The molecule has 5 nitrogen and oxygen atoms in total. The molecular formula is C14H18FN3O2. The summed E-state index contributed by atoms with van der Waals surface area (Å²) in [4.78, 5) is 0. The number of aromatic amines is 1. The molecule has 0 bridgehead atoms. The molecule has 0 saturated carbocycles. The van der Waals surface area contributed by atoms with Gasteiger partial charge in [-0.05, 0) is 26.0 Å². The highest BCUT2D eigenvalue weighted by molar-refractivity contribution is 5.71. The third-order valence-electron chi connectivity index (χ3n) is 3.05. The predicted molar refractivity (Wildman–Crippen MR) is 75.7 cm³/mol. The fraction of sp³-hybridized carbons (Fsp3) is 0.357. The molecule has 0 radical (unpaired) electrons. The Kier molecular flexibility index (Phi) is 3.57. The summed E-state index contributed by atoms with van der Waals surface area (Å²) in [6.45, 7) is 2.97. The average Bonchev–Trinajstić information content (AvgIpc) is 2.82. The van der Waals surface area contributed by atoms with Crippen molar-refractivity contribution < 1.29 is 13.9 Å². The Balaban J connectivity index is 2.70. The Morgan fingerprint density at radius 2 is 1.75 bits per heavy atom. The number of anilines is 1. The Morgan fingerprint density at radius 3 is 2.20 bits per heavy atom. The van der Waals surface area contributed by atoms with Gasteiger partial charge in [0.15, 0.2) is 11.5 Å². The van der Waals surface area contributed by atoms with Gasteiger partial charge in [0.1, 0.15) is 11.5 Å². The number of methoxy groups -OCH3 is 2. The van der Waals surface area contributed by atoms with Crippen LogP contribution in [0.15, 0.2) is 18.2 Å². The van der Waals surface area contributed by atoms with E-state index in [0.717, 1.165) is 0 Å². The van der Waals surface area contributed by atoms with Gasteiger partial charge in [0.05, 0.1) is 19.9 Å². The van der Waals surface area contributed by atoms with Gasteiger partial charge in [0.2, 0.25) is 0 Å². The van der Waals surface area contributed by atoms with E-state index in [2.05, 4.69) is 10.2 Å². The molecule has 0 spiro atoms. The van der Waals surface area contributed by atoms with Crippen LogP contribution < -0.4 is 15.2 Å². The number of nitrogens with one attached hydrogen (secondary N) is 1. The molecule has 20 heavy (non-hydrogen) atoms. The van der Waals surface area contributed by atoms with Crippen molar-refractivity contribution in [3.63, 3.8) is 0 Å². The predicted octanol–water partition coefficient (Wildman–Crippen LogP) is 2.88. The van der Waals surface area contributed by atoms with Crippen LogP contribution in [0.1, 0.15) is 19.4 Å². The molecule has 1 aromatic carbocycles. The van der Waals surface area contributed by atoms with E-state index in [1.54, 1.807) is 18.2 Å². The maximum absolute atomic E-state index is 14.5. The number of alkyl halides is 1. The van der Waals surface area contributed by atoms with Crippen molar-refractivity contribution in [3.8, 4) is 22.8 Å². The van der Waals surface area contributed by atoms with Crippen LogP contribution in [0, 0.1) is 0 Å². The van der Waals surface area contributed by atoms with Crippen molar-refractivity contribution in [1.82, 2.24) is 10.2 Å². The molecule has 2 rings (SSSR count). The van der Waals surface area contributed by atoms with Gasteiger partial charge in [-0.3, -0.25) is 5.10 Å². The minimum absolute atomic E-state index is 0.345. The maximum atomic E-state index is 14.5. The fourth-order valence-corrected chi connectivity index (χ4v) is 2.07. The topological polar surface area (TPSA) is 73.2 Å². The lowest BCUT2D eigenvalue weighted by Crippen LogP contribution is -2.11. The van der Waals surface area contributed by atoms with E-state index < -0.39 is 5.67 Å². The summed E-state index contributed by atoms with van der Waals surface area (Å²) in [5.41, 5.74) is 5.80. The van der Waals surface area contributed by atoms with Crippen LogP contribution in [0.5, 0.6) is 11.5 Å². The van der Waals surface area contributed by atoms with Crippen molar-refractivity contribution in [1.29, 1.82) is 0 Å². The number of ether oxygens (including phenoxy) is 2. The summed E-state index contributed by atoms with van der Waals surface area (Å²) in [7, 11) is 3.05. The third-order valence-corrected chi connectivity index (χ3v) is 3.05. The van der Waals surface area contributed by atoms with Crippen molar-refractivity contribution in [2.24, 2.45) is 0 Å². The molecule has 0 aliphatic rings. The van der Waals surface area contributed by atoms with E-state index >= 15 is 0 Å². The quantitative estimate of drug-likeness (QED) is 0.902. The molecule has 0 atom stereocenters. The van der Waals surface area contributed by atoms with Gasteiger partial charge in [0.25, 0.3) is 0 Å². The van der Waals surface area contributed by atoms with E-state index in [4.69, 9.17) is 15.2 Å². The smallest absolute Gasteiger partial charge is 0.161 e. The number of H-pyrrole nitrogens is 1. The first-order valence-corrected chi connectivity index (χ1v) is 6.13. The molecule has 108 valence electrons. The third kappa shape index (κ3) is 2.54. The number of nitrogen functional groups attached to an aromatic ring is 1. The number of nitrogens with zero attached hydrogens (tertiary/aromatic N) is 1. The minimum Gasteiger partial charge on any atom is -0.493 e. The molecule has 0 aliphatic carbocycles. The molecule has 0 saturated heterocycles. The van der Waals surface area contributed by atoms with Crippen LogP contribution in [0.4, 0.5) is 10.2 Å². The van der Waals surface area contributed by atoms with Crippen molar-refractivity contribution >= 4 is 5.82 Å². The van der Waals surface area contributed by atoms with Gasteiger partial charge in [-0.2, -0.15) is 5.10 Å². The van der Waals surface area contributed by atoms with Gasteiger partial charge < -0.3 is 15.2 Å². The van der Waals surface area contributed by atoms with Crippen molar-refractivity contribution in [2.45, 2.75) is 19.5 Å². The molecule has 3 N–H and O–H groups in total. The summed E-state index contributed by atoms with van der Waals surface area (Å²) >= 11 is 0. The van der Waals surface area contributed by atoms with E-state index in [1.165, 1.54) is 28.1 Å². The van der Waals surface area contributed by atoms with Gasteiger partial charge in [0, 0.05) is 17.2 Å². The number of benzene rings is 1. The first kappa shape index (κ1) is 14.2. The lowest BCUT2D eigenvalue weighted by atomic mass is 9.92. The highest BCUT2D eigenvalue weighted by atomic mass is 19.1. The molecule has 6 heteroatoms. The maximum Gasteiger partial charge on any atom is 0.161 e. The van der Waals surface area contributed by atoms with Crippen molar-refractivity contribution in [2.75, 3.05) is 20.0 Å². The summed E-state index contributed by atoms with van der Waals surface area (Å²) in [5.74, 6) is 1.34. The number of halogens is 1. The average molecular weight is 279 g/mol. The minimum atomic E-state index is -1.55. The normalized spacial score (nSPS) is 11.4. The number of rotatable bonds is 4. The highest BCUT2D eigenvalue weighted by Gasteiger charge is 2.26. The van der Waals surface area contributed by atoms with E-state index in [-0.39, 0.29) is 0 Å². The summed E-state index contributed by atoms with van der Waals surface area (Å²) in [5, 5.41) is 6.66. The van der Waals surface area contributed by atoms with Crippen LogP contribution in [-0.4, -0.2) is 24.4 Å². The number of aromatic nitrogens is 2. The molecular weight excluding hydrogens is 261 g/mol. The molecule has 2 aromatic rings. The largest absolute Gasteiger partial charge is 0.493 e. The van der Waals surface area contributed by atoms with Gasteiger partial charge >= 0.3 is 0 Å². The second-order valence-electron chi connectivity index (χ2n) is 4.93. The second-order valence-corrected chi connectivity index (χ2v) is 4.93. The van der Waals surface area contributed by atoms with Gasteiger partial charge in [-0.15, -0.1) is 0 Å². The number of nitrogens with two attached hydrogens (primary N) is 1. The van der Waals surface area contributed by atoms with Crippen LogP contribution in [-0.2, 0) is 5.67 Å². The first-order chi connectivity index (χ1) is 9.36. The lowest BCUT2D eigenvalue weighted by molar-refractivity contribution is 0.221. The van der Waals surface area contributed by atoms with Crippen LogP contribution in [0.3, 0.4) is 0 Å². The molecule has 0 amide bonds. The zero-order chi connectivity index (χ0) is 14.9. The van der Waals surface area contributed by atoms with Crippen molar-refractivity contribution in [3.05, 3.63) is 23.8 Å². The Labute approximate surface area is 116 Å². The Morgan fingerprint density at radius 1 is 1.15 bits per heavy atom. The van der Waals surface area contributed by atoms with E-state index in [9.17, 15) is 4.39 Å². The molecule has 0 unspecified atom stereocenters. The van der Waals surface area contributed by atoms with E-state index in [1.807, 2.05) is 0 Å². The summed E-state index contributed by atoms with van der Waals surface area (Å²) in [6.07, 6.45) is 0. The zero-order valence-corrected chi connectivity index (χ0v) is 12.0. The lowest BCUT2D eigenvalue weighted by Gasteiger charge is -2.21. The number of hydrogen-bond donors (Lipinski definition) is 2. The molecule has 1 aromatic heterocycles. The van der Waals surface area contributed by atoms with Crippen LogP contribution in [0.25, 0.3) is 11.3 Å². The summed E-state index contributed by atoms with van der Waals surface area (Å²) in [6, 6.07) is 4.99. The number of hydrogen-bond acceptors (Lipinski definition) is 4. The SMILES string of the molecule is COc1cc(-c2cc(N)n[nH]2)c(C(C)(C)F)cc1OC. The molecule has 1 heterocycles. The van der Waals surface area contributed by atoms with Gasteiger partial charge in [-0.25, -0.2) is 4.39 Å². The second kappa shape index (κ2) is 5.03. The monoisotopic (exact) mass is 279 g/mol. The molecule has 0 aliphatic heterocycles. The zero-order valence-electron chi connectivity index (χ0n) is 12.0. The van der Waals surface area contributed by atoms with Crippen LogP contribution in [0.2, 0.25) is 0 Å². The highest BCUT2D eigenvalue weighted by Crippen LogP contribution is 2.41. The van der Waals surface area contributed by atoms with Gasteiger partial charge in [-0.1, -0.05) is 0 Å². The summed E-state index contributed by atoms with van der Waals surface area (Å²) < 4.78 is 25.0. The molecule has 0 fully saturated rings. The Hall–Kier alpha value is -2.24. The van der Waals surface area contributed by atoms with Crippen LogP contribution >= 0.6 is 0 Å².